The van der Waals surface area contributed by atoms with Crippen LogP contribution in [0.15, 0.2) is 40.8 Å². The molecule has 0 saturated carbocycles. The van der Waals surface area contributed by atoms with E-state index in [0.717, 1.165) is 6.08 Å². The summed E-state index contributed by atoms with van der Waals surface area (Å²) in [7, 11) is 0. The number of nitro benzene ring substituents is 1. The first-order chi connectivity index (χ1) is 12.9. The maximum atomic E-state index is 11.9. The van der Waals surface area contributed by atoms with Crippen LogP contribution >= 0.6 is 22.6 Å². The number of carbonyl (C=O) groups is 2. The second-order valence-corrected chi connectivity index (χ2v) is 6.06. The van der Waals surface area contributed by atoms with Gasteiger partial charge in [0.25, 0.3) is 11.6 Å². The average molecular weight is 486 g/mol. The van der Waals surface area contributed by atoms with E-state index >= 15 is 0 Å². The molecule has 0 aliphatic rings. The van der Waals surface area contributed by atoms with E-state index < -0.39 is 23.4 Å². The number of hydrogen-bond acceptors (Lipinski definition) is 7. The molecule has 0 aliphatic heterocycles. The molecular formula is C17H15IN2O7. The van der Waals surface area contributed by atoms with Crippen molar-refractivity contribution >= 4 is 51.9 Å². The summed E-state index contributed by atoms with van der Waals surface area (Å²) in [5.74, 6) is -0.688. The van der Waals surface area contributed by atoms with Crippen molar-refractivity contribution in [3.8, 4) is 5.75 Å². The van der Waals surface area contributed by atoms with E-state index in [2.05, 4.69) is 5.32 Å². The van der Waals surface area contributed by atoms with Gasteiger partial charge in [-0.05, 0) is 59.9 Å². The average Bonchev–Trinajstić information content (AvgIpc) is 3.05. The predicted molar refractivity (Wildman–Crippen MR) is 104 cm³/mol. The lowest BCUT2D eigenvalue weighted by atomic mass is 10.2. The Morgan fingerprint density at radius 3 is 2.74 bits per heavy atom. The lowest BCUT2D eigenvalue weighted by molar-refractivity contribution is -0.384. The third kappa shape index (κ3) is 6.40. The summed E-state index contributed by atoms with van der Waals surface area (Å²) in [5, 5.41) is 13.5. The molecule has 1 aromatic heterocycles. The number of furan rings is 1. The Morgan fingerprint density at radius 1 is 1.33 bits per heavy atom. The molecule has 27 heavy (non-hydrogen) atoms. The molecular weight excluding hydrogens is 471 g/mol. The van der Waals surface area contributed by atoms with Gasteiger partial charge in [-0.2, -0.15) is 0 Å². The Kier molecular flexibility index (Phi) is 7.34. The van der Waals surface area contributed by atoms with Gasteiger partial charge in [-0.3, -0.25) is 14.9 Å². The van der Waals surface area contributed by atoms with Gasteiger partial charge in [-0.25, -0.2) is 4.79 Å². The molecule has 1 heterocycles. The molecule has 1 aromatic carbocycles. The zero-order chi connectivity index (χ0) is 19.8. The number of nitrogens with zero attached hydrogens (tertiary/aromatic N) is 1. The van der Waals surface area contributed by atoms with Crippen molar-refractivity contribution in [1.29, 1.82) is 0 Å². The Hall–Kier alpha value is -2.89. The van der Waals surface area contributed by atoms with Gasteiger partial charge in [-0.15, -0.1) is 0 Å². The topological polar surface area (TPSA) is 121 Å². The molecule has 9 nitrogen and oxygen atoms in total. The highest BCUT2D eigenvalue weighted by atomic mass is 127. The first-order valence-electron chi connectivity index (χ1n) is 7.70. The molecule has 0 atom stereocenters. The van der Waals surface area contributed by atoms with Crippen molar-refractivity contribution in [2.24, 2.45) is 0 Å². The monoisotopic (exact) mass is 486 g/mol. The normalized spacial score (nSPS) is 10.6. The van der Waals surface area contributed by atoms with Crippen molar-refractivity contribution in [1.82, 2.24) is 0 Å². The van der Waals surface area contributed by atoms with Gasteiger partial charge in [0.15, 0.2) is 10.4 Å². The van der Waals surface area contributed by atoms with Crippen LogP contribution in [0.5, 0.6) is 5.75 Å². The maximum absolute atomic E-state index is 11.9. The first-order valence-corrected chi connectivity index (χ1v) is 8.78. The SMILES string of the molecule is CCOc1ccc(NC(=O)COC(=O)/C=C/c2ccc(I)o2)c([N+](=O)[O-])c1. The van der Waals surface area contributed by atoms with E-state index in [1.54, 1.807) is 19.1 Å². The van der Waals surface area contributed by atoms with Crippen LogP contribution in [0.4, 0.5) is 11.4 Å². The van der Waals surface area contributed by atoms with Crippen molar-refractivity contribution in [3.05, 3.63) is 56.0 Å². The minimum absolute atomic E-state index is 0.0230. The van der Waals surface area contributed by atoms with Crippen molar-refractivity contribution in [3.63, 3.8) is 0 Å². The molecule has 1 N–H and O–H groups in total. The van der Waals surface area contributed by atoms with Gasteiger partial charge in [0, 0.05) is 6.08 Å². The molecule has 2 aromatic rings. The van der Waals surface area contributed by atoms with E-state index in [1.165, 1.54) is 24.3 Å². The number of ether oxygens (including phenoxy) is 2. The summed E-state index contributed by atoms with van der Waals surface area (Å²) in [6, 6.07) is 7.44. The second kappa shape index (κ2) is 9.71. The van der Waals surface area contributed by atoms with Crippen LogP contribution in [-0.4, -0.2) is 30.0 Å². The molecule has 142 valence electrons. The van der Waals surface area contributed by atoms with Crippen molar-refractivity contribution in [2.45, 2.75) is 6.92 Å². The lowest BCUT2D eigenvalue weighted by Gasteiger charge is -2.08. The van der Waals surface area contributed by atoms with Crippen LogP contribution in [0.2, 0.25) is 0 Å². The van der Waals surface area contributed by atoms with Crippen LogP contribution in [-0.2, 0) is 14.3 Å². The fourth-order valence-corrected chi connectivity index (χ4v) is 2.40. The molecule has 0 radical (unpaired) electrons. The van der Waals surface area contributed by atoms with E-state index in [0.29, 0.717) is 21.9 Å². The molecule has 1 amide bonds. The number of rotatable bonds is 8. The van der Waals surface area contributed by atoms with Crippen LogP contribution in [0.1, 0.15) is 12.7 Å². The number of hydrogen-bond donors (Lipinski definition) is 1. The molecule has 0 bridgehead atoms. The minimum atomic E-state index is -0.752. The fourth-order valence-electron chi connectivity index (χ4n) is 1.96. The lowest BCUT2D eigenvalue weighted by Crippen LogP contribution is -2.20. The highest BCUT2D eigenvalue weighted by molar-refractivity contribution is 14.1. The third-order valence-electron chi connectivity index (χ3n) is 3.07. The highest BCUT2D eigenvalue weighted by Crippen LogP contribution is 2.29. The Balaban J connectivity index is 1.92. The second-order valence-electron chi connectivity index (χ2n) is 5.00. The summed E-state index contributed by atoms with van der Waals surface area (Å²) in [6.45, 7) is 1.50. The molecule has 0 spiro atoms. The standard InChI is InChI=1S/C17H15IN2O7/c1-2-25-12-3-6-13(14(9-12)20(23)24)19-16(21)10-26-17(22)8-5-11-4-7-15(18)27-11/h3-9H,2,10H2,1H3,(H,19,21)/b8-5+. The minimum Gasteiger partial charge on any atom is -0.494 e. The fraction of sp³-hybridized carbons (Fsp3) is 0.176. The van der Waals surface area contributed by atoms with Crippen molar-refractivity contribution in [2.75, 3.05) is 18.5 Å². The molecule has 2 rings (SSSR count). The number of benzene rings is 1. The number of anilines is 1. The van der Waals surface area contributed by atoms with Gasteiger partial charge >= 0.3 is 5.97 Å². The zero-order valence-corrected chi connectivity index (χ0v) is 16.3. The van der Waals surface area contributed by atoms with E-state index in [4.69, 9.17) is 13.9 Å². The van der Waals surface area contributed by atoms with Gasteiger partial charge in [0.05, 0.1) is 17.6 Å². The summed E-state index contributed by atoms with van der Waals surface area (Å²) in [5.41, 5.74) is -0.349. The predicted octanol–water partition coefficient (Wildman–Crippen LogP) is 3.39. The number of halogens is 1. The number of esters is 1. The summed E-state index contributed by atoms with van der Waals surface area (Å²) >= 11 is 1.98. The third-order valence-corrected chi connectivity index (χ3v) is 3.65. The van der Waals surface area contributed by atoms with Gasteiger partial charge in [0.1, 0.15) is 17.2 Å². The quantitative estimate of drug-likeness (QED) is 0.200. The maximum Gasteiger partial charge on any atom is 0.331 e. The van der Waals surface area contributed by atoms with Gasteiger partial charge in [-0.1, -0.05) is 0 Å². The van der Waals surface area contributed by atoms with Gasteiger partial charge < -0.3 is 19.2 Å². The summed E-state index contributed by atoms with van der Waals surface area (Å²) in [6.07, 6.45) is 2.52. The van der Waals surface area contributed by atoms with Crippen LogP contribution in [0.25, 0.3) is 6.08 Å². The summed E-state index contributed by atoms with van der Waals surface area (Å²) in [4.78, 5) is 34.0. The van der Waals surface area contributed by atoms with E-state index in [9.17, 15) is 19.7 Å². The van der Waals surface area contributed by atoms with Crippen LogP contribution < -0.4 is 10.1 Å². The van der Waals surface area contributed by atoms with Crippen molar-refractivity contribution < 1.29 is 28.4 Å². The Labute approximate surface area is 167 Å². The number of nitro groups is 1. The molecule has 0 unspecified atom stereocenters. The number of carbonyl (C=O) groups excluding carboxylic acids is 2. The largest absolute Gasteiger partial charge is 0.494 e. The zero-order valence-electron chi connectivity index (χ0n) is 14.1. The highest BCUT2D eigenvalue weighted by Gasteiger charge is 2.18. The number of nitrogens with one attached hydrogen (secondary N) is 1. The summed E-state index contributed by atoms with van der Waals surface area (Å²) < 4.78 is 15.9. The van der Waals surface area contributed by atoms with Gasteiger partial charge in [0.2, 0.25) is 0 Å². The molecule has 10 heteroatoms. The smallest absolute Gasteiger partial charge is 0.331 e. The van der Waals surface area contributed by atoms with E-state index in [-0.39, 0.29) is 11.4 Å². The van der Waals surface area contributed by atoms with E-state index in [1.807, 2.05) is 22.6 Å². The van der Waals surface area contributed by atoms with Crippen LogP contribution in [0.3, 0.4) is 0 Å². The molecule has 0 saturated heterocycles. The molecule has 0 aliphatic carbocycles. The Morgan fingerprint density at radius 2 is 2.11 bits per heavy atom. The van der Waals surface area contributed by atoms with Crippen LogP contribution in [0, 0.1) is 13.9 Å². The first kappa shape index (κ1) is 20.4. The number of amides is 1. The Bertz CT molecular complexity index is 876. The molecule has 0 fully saturated rings.